The van der Waals surface area contributed by atoms with Crippen LogP contribution in [0.4, 0.5) is 0 Å². The molecule has 0 saturated carbocycles. The van der Waals surface area contributed by atoms with E-state index in [1.165, 1.54) is 33.0 Å². The van der Waals surface area contributed by atoms with Crippen LogP contribution in [0.3, 0.4) is 0 Å². The van der Waals surface area contributed by atoms with E-state index in [0.717, 1.165) is 32.9 Å². The minimum Gasteiger partial charge on any atom is -0.484 e. The number of benzene rings is 4. The minimum absolute atomic E-state index is 0.538. The van der Waals surface area contributed by atoms with E-state index >= 15 is 0 Å². The third-order valence-electron chi connectivity index (χ3n) is 5.39. The van der Waals surface area contributed by atoms with Gasteiger partial charge in [-0.15, -0.1) is 0 Å². The maximum Gasteiger partial charge on any atom is 0.170 e. The van der Waals surface area contributed by atoms with Crippen LogP contribution >= 0.6 is 31.9 Å². The largest absolute Gasteiger partial charge is 0.484 e. The molecule has 0 radical (unpaired) electrons. The zero-order valence-electron chi connectivity index (χ0n) is 15.2. The zero-order chi connectivity index (χ0) is 19.1. The molecule has 0 spiro atoms. The van der Waals surface area contributed by atoms with E-state index in [9.17, 15) is 0 Å². The maximum absolute atomic E-state index is 6.40. The first-order valence-corrected chi connectivity index (χ1v) is 11.5. The number of ether oxygens (including phenoxy) is 2. The summed E-state index contributed by atoms with van der Waals surface area (Å²) in [5.74, 6) is 1.68. The topological polar surface area (TPSA) is 18.5 Å². The van der Waals surface area contributed by atoms with Crippen molar-refractivity contribution in [3.05, 3.63) is 82.9 Å². The molecule has 140 valence electrons. The van der Waals surface area contributed by atoms with Crippen LogP contribution in [0.25, 0.3) is 21.5 Å². The highest BCUT2D eigenvalue weighted by Gasteiger charge is 2.21. The molecule has 4 aromatic rings. The summed E-state index contributed by atoms with van der Waals surface area (Å²) in [6.45, 7) is 1.08. The number of alkyl halides is 2. The summed E-state index contributed by atoms with van der Waals surface area (Å²) in [6.07, 6.45) is 0. The molecule has 4 heteroatoms. The summed E-state index contributed by atoms with van der Waals surface area (Å²) in [5, 5.41) is 6.22. The van der Waals surface area contributed by atoms with E-state index in [-0.39, 0.29) is 0 Å². The van der Waals surface area contributed by atoms with E-state index in [4.69, 9.17) is 9.47 Å². The number of fused-ring (bicyclic) bond motifs is 7. The SMILES string of the molecule is BrCc1cc2c(cc1CBr)COc1c(c3ccccc3c3ccccc13)OC2. The van der Waals surface area contributed by atoms with Crippen LogP contribution in [0.1, 0.15) is 22.3 Å². The van der Waals surface area contributed by atoms with Crippen molar-refractivity contribution < 1.29 is 9.47 Å². The van der Waals surface area contributed by atoms with Crippen LogP contribution in [0.15, 0.2) is 60.7 Å². The lowest BCUT2D eigenvalue weighted by Crippen LogP contribution is -2.11. The molecule has 2 nitrogen and oxygen atoms in total. The van der Waals surface area contributed by atoms with Crippen molar-refractivity contribution in [1.29, 1.82) is 0 Å². The summed E-state index contributed by atoms with van der Waals surface area (Å²) in [5.41, 5.74) is 4.93. The number of rotatable bonds is 2. The molecule has 0 unspecified atom stereocenters. The van der Waals surface area contributed by atoms with Crippen LogP contribution in [0.5, 0.6) is 11.5 Å². The third kappa shape index (κ3) is 2.90. The lowest BCUT2D eigenvalue weighted by molar-refractivity contribution is 0.242. The molecule has 1 heterocycles. The molecule has 0 amide bonds. The molecule has 0 bridgehead atoms. The van der Waals surface area contributed by atoms with E-state index in [0.29, 0.717) is 13.2 Å². The van der Waals surface area contributed by atoms with Crippen molar-refractivity contribution in [3.63, 3.8) is 0 Å². The Morgan fingerprint density at radius 1 is 0.607 bits per heavy atom. The highest BCUT2D eigenvalue weighted by Crippen LogP contribution is 2.45. The number of halogens is 2. The average Bonchev–Trinajstić information content (AvgIpc) is 2.74. The van der Waals surface area contributed by atoms with E-state index < -0.39 is 0 Å². The van der Waals surface area contributed by atoms with Crippen LogP contribution in [-0.2, 0) is 23.9 Å². The third-order valence-corrected chi connectivity index (χ3v) is 6.60. The fraction of sp³-hybridized carbons (Fsp3) is 0.167. The van der Waals surface area contributed by atoms with Crippen molar-refractivity contribution in [3.8, 4) is 11.5 Å². The molecule has 4 aromatic carbocycles. The maximum atomic E-state index is 6.40. The Morgan fingerprint density at radius 2 is 1.00 bits per heavy atom. The van der Waals surface area contributed by atoms with Gasteiger partial charge in [-0.25, -0.2) is 0 Å². The standard InChI is InChI=1S/C24H18Br2O2/c25-11-15-9-17-13-27-23-21-7-3-1-5-19(21)20-6-2-4-8-22(20)24(23)28-14-18(17)10-16(15)12-26/h1-10H,11-14H2. The lowest BCUT2D eigenvalue weighted by Gasteiger charge is -2.23. The Kier molecular flexibility index (Phi) is 4.77. The van der Waals surface area contributed by atoms with E-state index in [1.807, 2.05) is 0 Å². The monoisotopic (exact) mass is 496 g/mol. The van der Waals surface area contributed by atoms with Gasteiger partial charge in [0.2, 0.25) is 0 Å². The molecular formula is C24H18Br2O2. The van der Waals surface area contributed by atoms with E-state index in [2.05, 4.69) is 92.5 Å². The summed E-state index contributed by atoms with van der Waals surface area (Å²) in [4.78, 5) is 0. The first-order chi connectivity index (χ1) is 13.8. The second-order valence-corrected chi connectivity index (χ2v) is 8.11. The quantitative estimate of drug-likeness (QED) is 0.214. The highest BCUT2D eigenvalue weighted by atomic mass is 79.9. The van der Waals surface area contributed by atoms with Gasteiger partial charge in [-0.1, -0.05) is 92.5 Å². The second-order valence-electron chi connectivity index (χ2n) is 6.98. The molecular weight excluding hydrogens is 480 g/mol. The van der Waals surface area contributed by atoms with Gasteiger partial charge in [0, 0.05) is 21.4 Å². The van der Waals surface area contributed by atoms with Crippen molar-refractivity contribution in [2.24, 2.45) is 0 Å². The van der Waals surface area contributed by atoms with Gasteiger partial charge < -0.3 is 9.47 Å². The molecule has 1 aliphatic rings. The summed E-state index contributed by atoms with van der Waals surface area (Å²) in [6, 6.07) is 21.3. The predicted octanol–water partition coefficient (Wildman–Crippen LogP) is 7.25. The Hall–Kier alpha value is -2.04. The molecule has 0 fully saturated rings. The Labute approximate surface area is 180 Å². The van der Waals surface area contributed by atoms with Gasteiger partial charge in [0.15, 0.2) is 11.5 Å². The number of hydrogen-bond acceptors (Lipinski definition) is 2. The van der Waals surface area contributed by atoms with Crippen molar-refractivity contribution in [2.75, 3.05) is 0 Å². The first-order valence-electron chi connectivity index (χ1n) is 9.24. The molecule has 28 heavy (non-hydrogen) atoms. The van der Waals surface area contributed by atoms with E-state index in [1.54, 1.807) is 0 Å². The lowest BCUT2D eigenvalue weighted by atomic mass is 9.98. The van der Waals surface area contributed by atoms with Crippen molar-refractivity contribution >= 4 is 53.4 Å². The smallest absolute Gasteiger partial charge is 0.170 e. The normalized spacial score (nSPS) is 13.2. The summed E-state index contributed by atoms with van der Waals surface area (Å²) in [7, 11) is 0. The van der Waals surface area contributed by atoms with Gasteiger partial charge in [0.1, 0.15) is 13.2 Å². The number of hydrogen-bond donors (Lipinski definition) is 0. The molecule has 0 saturated heterocycles. The van der Waals surface area contributed by atoms with Crippen LogP contribution in [0.2, 0.25) is 0 Å². The average molecular weight is 498 g/mol. The molecule has 0 aromatic heterocycles. The fourth-order valence-electron chi connectivity index (χ4n) is 3.97. The van der Waals surface area contributed by atoms with Gasteiger partial charge >= 0.3 is 0 Å². The Bertz CT molecular complexity index is 1110. The molecule has 0 aliphatic carbocycles. The van der Waals surface area contributed by atoms with Gasteiger partial charge in [-0.3, -0.25) is 0 Å². The van der Waals surface area contributed by atoms with Gasteiger partial charge in [-0.05, 0) is 33.0 Å². The van der Waals surface area contributed by atoms with Crippen LogP contribution < -0.4 is 9.47 Å². The van der Waals surface area contributed by atoms with Crippen LogP contribution in [-0.4, -0.2) is 0 Å². The van der Waals surface area contributed by atoms with Gasteiger partial charge in [0.25, 0.3) is 0 Å². The molecule has 1 aliphatic heterocycles. The molecule has 5 rings (SSSR count). The zero-order valence-corrected chi connectivity index (χ0v) is 18.3. The Morgan fingerprint density at radius 3 is 1.39 bits per heavy atom. The highest BCUT2D eigenvalue weighted by molar-refractivity contribution is 9.09. The predicted molar refractivity (Wildman–Crippen MR) is 122 cm³/mol. The first kappa shape index (κ1) is 18.0. The van der Waals surface area contributed by atoms with Gasteiger partial charge in [0.05, 0.1) is 0 Å². The van der Waals surface area contributed by atoms with Gasteiger partial charge in [-0.2, -0.15) is 0 Å². The summed E-state index contributed by atoms with van der Waals surface area (Å²) >= 11 is 7.21. The van der Waals surface area contributed by atoms with Crippen LogP contribution in [0, 0.1) is 0 Å². The Balaban J connectivity index is 1.71. The van der Waals surface area contributed by atoms with Crippen molar-refractivity contribution in [2.45, 2.75) is 23.9 Å². The minimum atomic E-state index is 0.538. The molecule has 0 N–H and O–H groups in total. The second kappa shape index (κ2) is 7.41. The van der Waals surface area contributed by atoms with Crippen molar-refractivity contribution in [1.82, 2.24) is 0 Å². The molecule has 0 atom stereocenters. The summed E-state index contributed by atoms with van der Waals surface area (Å²) < 4.78 is 12.8. The fourth-order valence-corrected chi connectivity index (χ4v) is 5.02.